The van der Waals surface area contributed by atoms with E-state index < -0.39 is 30.7 Å². The molecule has 4 rings (SSSR count). The van der Waals surface area contributed by atoms with Crippen molar-refractivity contribution >= 4 is 0 Å². The van der Waals surface area contributed by atoms with E-state index in [9.17, 15) is 0 Å². The van der Waals surface area contributed by atoms with E-state index >= 15 is 0 Å². The highest BCUT2D eigenvalue weighted by Gasteiger charge is 2.52. The Balaban J connectivity index is 1.66. The minimum Gasteiger partial charge on any atom is -0.483 e. The van der Waals surface area contributed by atoms with Crippen LogP contribution in [0.3, 0.4) is 0 Å². The lowest BCUT2D eigenvalue weighted by Crippen LogP contribution is -2.46. The van der Waals surface area contributed by atoms with Crippen LogP contribution < -0.4 is 14.2 Å². The lowest BCUT2D eigenvalue weighted by Gasteiger charge is -2.28. The van der Waals surface area contributed by atoms with E-state index in [1.165, 1.54) is 0 Å². The fourth-order valence-electron chi connectivity index (χ4n) is 3.74. The van der Waals surface area contributed by atoms with Crippen LogP contribution in [0.5, 0.6) is 17.2 Å². The second-order valence-electron chi connectivity index (χ2n) is 7.42. The van der Waals surface area contributed by atoms with Crippen LogP contribution >= 0.6 is 0 Å². The predicted octanol–water partition coefficient (Wildman–Crippen LogP) is 5.28. The van der Waals surface area contributed by atoms with Crippen molar-refractivity contribution in [3.8, 4) is 17.2 Å². The summed E-state index contributed by atoms with van der Waals surface area (Å²) in [7, 11) is 1.61. The van der Waals surface area contributed by atoms with E-state index in [-0.39, 0.29) is 0 Å². The Bertz CT molecular complexity index is 961. The molecule has 3 aromatic carbocycles. The summed E-state index contributed by atoms with van der Waals surface area (Å²) < 4.78 is 31.0. The SMILES string of the molecule is CC=C[C@@H](Oc1ccccc1)[C@H]1O[C@H](OC)[C@H](Oc2ccccc2)[C@@H]1Oc1ccccc1. The highest BCUT2D eigenvalue weighted by molar-refractivity contribution is 5.26. The molecular weight excluding hydrogens is 404 g/mol. The molecule has 166 valence electrons. The van der Waals surface area contributed by atoms with Crippen LogP contribution in [0.1, 0.15) is 6.92 Å². The molecule has 0 bridgehead atoms. The maximum atomic E-state index is 6.43. The standard InChI is InChI=1S/C27H28O5/c1-3-13-23(29-20-14-7-4-8-15-20)24-25(30-21-16-9-5-10-17-21)26(27(28-2)32-24)31-22-18-11-6-12-19-22/h3-19,23-27H,1-2H3/t23-,24-,25-,26-,27+/m1/s1. The molecule has 0 spiro atoms. The minimum atomic E-state index is -0.624. The largest absolute Gasteiger partial charge is 0.483 e. The summed E-state index contributed by atoms with van der Waals surface area (Å²) in [5.41, 5.74) is 0. The summed E-state index contributed by atoms with van der Waals surface area (Å²) in [6.45, 7) is 1.95. The van der Waals surface area contributed by atoms with Gasteiger partial charge in [0.15, 0.2) is 18.5 Å². The first-order valence-corrected chi connectivity index (χ1v) is 10.7. The molecule has 0 aliphatic carbocycles. The van der Waals surface area contributed by atoms with Gasteiger partial charge in [-0.15, -0.1) is 0 Å². The van der Waals surface area contributed by atoms with Gasteiger partial charge in [0.05, 0.1) is 0 Å². The summed E-state index contributed by atoms with van der Waals surface area (Å²) >= 11 is 0. The van der Waals surface area contributed by atoms with Crippen LogP contribution in [0.25, 0.3) is 0 Å². The van der Waals surface area contributed by atoms with Crippen molar-refractivity contribution in [1.82, 2.24) is 0 Å². The molecule has 0 N–H and O–H groups in total. The fourth-order valence-corrected chi connectivity index (χ4v) is 3.74. The molecule has 1 aliphatic rings. The molecule has 0 radical (unpaired) electrons. The van der Waals surface area contributed by atoms with Gasteiger partial charge in [-0.3, -0.25) is 0 Å². The quantitative estimate of drug-likeness (QED) is 0.431. The van der Waals surface area contributed by atoms with Crippen LogP contribution in [0.15, 0.2) is 103 Å². The molecule has 1 aliphatic heterocycles. The Morgan fingerprint density at radius 3 is 1.72 bits per heavy atom. The number of rotatable bonds is 9. The van der Waals surface area contributed by atoms with E-state index in [1.807, 2.05) is 110 Å². The van der Waals surface area contributed by atoms with Gasteiger partial charge in [-0.05, 0) is 49.4 Å². The summed E-state index contributed by atoms with van der Waals surface area (Å²) in [4.78, 5) is 0. The Hall–Kier alpha value is -3.28. The van der Waals surface area contributed by atoms with Crippen LogP contribution in [-0.4, -0.2) is 37.8 Å². The van der Waals surface area contributed by atoms with Crippen molar-refractivity contribution < 1.29 is 23.7 Å². The van der Waals surface area contributed by atoms with Crippen molar-refractivity contribution in [2.24, 2.45) is 0 Å². The summed E-state index contributed by atoms with van der Waals surface area (Å²) in [6.07, 6.45) is 1.44. The number of hydrogen-bond donors (Lipinski definition) is 0. The van der Waals surface area contributed by atoms with Gasteiger partial charge in [0.1, 0.15) is 29.5 Å². The molecule has 1 heterocycles. The van der Waals surface area contributed by atoms with Gasteiger partial charge < -0.3 is 23.7 Å². The van der Waals surface area contributed by atoms with Crippen LogP contribution in [0.2, 0.25) is 0 Å². The zero-order valence-electron chi connectivity index (χ0n) is 18.2. The maximum absolute atomic E-state index is 6.43. The van der Waals surface area contributed by atoms with Crippen molar-refractivity contribution in [1.29, 1.82) is 0 Å². The van der Waals surface area contributed by atoms with Crippen molar-refractivity contribution in [2.45, 2.75) is 37.6 Å². The van der Waals surface area contributed by atoms with Crippen molar-refractivity contribution in [2.75, 3.05) is 7.11 Å². The topological polar surface area (TPSA) is 46.2 Å². The monoisotopic (exact) mass is 432 g/mol. The maximum Gasteiger partial charge on any atom is 0.198 e. The normalized spacial score (nSPS) is 23.7. The van der Waals surface area contributed by atoms with E-state index in [1.54, 1.807) is 7.11 Å². The van der Waals surface area contributed by atoms with Gasteiger partial charge in [-0.25, -0.2) is 0 Å². The third-order valence-electron chi connectivity index (χ3n) is 5.19. The zero-order chi connectivity index (χ0) is 22.2. The minimum absolute atomic E-state index is 0.405. The van der Waals surface area contributed by atoms with Gasteiger partial charge >= 0.3 is 0 Å². The van der Waals surface area contributed by atoms with Gasteiger partial charge in [0.25, 0.3) is 0 Å². The van der Waals surface area contributed by atoms with Gasteiger partial charge in [0.2, 0.25) is 0 Å². The fraction of sp³-hybridized carbons (Fsp3) is 0.259. The highest BCUT2D eigenvalue weighted by atomic mass is 16.7. The molecule has 0 saturated carbocycles. The Kier molecular flexibility index (Phi) is 7.43. The molecule has 0 amide bonds. The number of hydrogen-bond acceptors (Lipinski definition) is 5. The first-order valence-electron chi connectivity index (χ1n) is 10.7. The predicted molar refractivity (Wildman–Crippen MR) is 123 cm³/mol. The van der Waals surface area contributed by atoms with Gasteiger partial charge in [0, 0.05) is 7.11 Å². The third-order valence-corrected chi connectivity index (χ3v) is 5.19. The third kappa shape index (κ3) is 5.31. The van der Waals surface area contributed by atoms with Crippen LogP contribution in [0.4, 0.5) is 0 Å². The molecule has 3 aromatic rings. The van der Waals surface area contributed by atoms with Crippen LogP contribution in [-0.2, 0) is 9.47 Å². The smallest absolute Gasteiger partial charge is 0.198 e. The van der Waals surface area contributed by atoms with E-state index in [0.717, 1.165) is 17.2 Å². The Morgan fingerprint density at radius 2 is 1.22 bits per heavy atom. The first kappa shape index (κ1) is 21.9. The number of benzene rings is 3. The van der Waals surface area contributed by atoms with Gasteiger partial charge in [-0.1, -0.05) is 60.7 Å². The Labute approximate surface area is 189 Å². The molecule has 1 saturated heterocycles. The number of methoxy groups -OCH3 is 1. The average Bonchev–Trinajstić information content (AvgIpc) is 3.17. The number of allylic oxidation sites excluding steroid dienone is 1. The van der Waals surface area contributed by atoms with E-state index in [4.69, 9.17) is 23.7 Å². The lowest BCUT2D eigenvalue weighted by molar-refractivity contribution is -0.153. The average molecular weight is 433 g/mol. The van der Waals surface area contributed by atoms with Crippen LogP contribution in [0, 0.1) is 0 Å². The zero-order valence-corrected chi connectivity index (χ0v) is 18.2. The molecule has 5 heteroatoms. The van der Waals surface area contributed by atoms with Gasteiger partial charge in [-0.2, -0.15) is 0 Å². The van der Waals surface area contributed by atoms with E-state index in [2.05, 4.69) is 0 Å². The van der Waals surface area contributed by atoms with Crippen molar-refractivity contribution in [3.63, 3.8) is 0 Å². The molecule has 1 fully saturated rings. The molecule has 32 heavy (non-hydrogen) atoms. The molecule has 0 aromatic heterocycles. The lowest BCUT2D eigenvalue weighted by atomic mass is 10.0. The summed E-state index contributed by atoms with van der Waals surface area (Å²) in [5.74, 6) is 2.19. The number of ether oxygens (including phenoxy) is 5. The molecule has 0 unspecified atom stereocenters. The van der Waals surface area contributed by atoms with E-state index in [0.29, 0.717) is 0 Å². The first-order chi connectivity index (χ1) is 15.8. The highest BCUT2D eigenvalue weighted by Crippen LogP contribution is 2.33. The Morgan fingerprint density at radius 1 is 0.719 bits per heavy atom. The number of para-hydroxylation sites is 3. The molecule has 5 nitrogen and oxygen atoms in total. The summed E-state index contributed by atoms with van der Waals surface area (Å²) in [6, 6.07) is 28.9. The molecular formula is C27H28O5. The summed E-state index contributed by atoms with van der Waals surface area (Å²) in [5, 5.41) is 0. The molecule has 5 atom stereocenters. The van der Waals surface area contributed by atoms with Crippen molar-refractivity contribution in [3.05, 3.63) is 103 Å². The second-order valence-corrected chi connectivity index (χ2v) is 7.42. The second kappa shape index (κ2) is 10.8.